The molecular formula is C26H21F2NO6. The second-order valence-electron chi connectivity index (χ2n) is 8.46. The highest BCUT2D eigenvalue weighted by atomic mass is 19.3. The molecule has 180 valence electrons. The van der Waals surface area contributed by atoms with Crippen LogP contribution in [0.1, 0.15) is 34.6 Å². The molecule has 2 bridgehead atoms. The van der Waals surface area contributed by atoms with E-state index >= 15 is 0 Å². The van der Waals surface area contributed by atoms with Gasteiger partial charge in [0, 0.05) is 11.1 Å². The first-order valence-electron chi connectivity index (χ1n) is 10.8. The number of methoxy groups -OCH3 is 2. The number of Topliss-reactive ketones (excluding diaryl/α,β-unsaturated/α-hetero) is 1. The van der Waals surface area contributed by atoms with Crippen LogP contribution in [0, 0.1) is 5.92 Å². The molecule has 2 aliphatic rings. The molecule has 7 nitrogen and oxygen atoms in total. The van der Waals surface area contributed by atoms with E-state index in [9.17, 15) is 23.5 Å². The van der Waals surface area contributed by atoms with Crippen LogP contribution >= 0.6 is 0 Å². The van der Waals surface area contributed by atoms with Gasteiger partial charge in [-0.15, -0.1) is 0 Å². The lowest BCUT2D eigenvalue weighted by Gasteiger charge is -2.39. The molecule has 0 amide bonds. The van der Waals surface area contributed by atoms with Crippen LogP contribution in [0.15, 0.2) is 67.0 Å². The van der Waals surface area contributed by atoms with Crippen molar-refractivity contribution in [2.45, 2.75) is 23.5 Å². The Hall–Kier alpha value is -3.85. The Morgan fingerprint density at radius 2 is 1.77 bits per heavy atom. The molecule has 1 fully saturated rings. The number of carbonyl (C=O) groups is 2. The van der Waals surface area contributed by atoms with E-state index in [0.717, 1.165) is 7.11 Å². The smallest absolute Gasteiger partial charge is 0.313 e. The molecule has 2 aromatic carbocycles. The van der Waals surface area contributed by atoms with Gasteiger partial charge in [0.1, 0.15) is 17.4 Å². The van der Waals surface area contributed by atoms with Crippen LogP contribution in [-0.4, -0.2) is 36.1 Å². The molecule has 0 unspecified atom stereocenters. The van der Waals surface area contributed by atoms with Gasteiger partial charge in [-0.2, -0.15) is 0 Å². The fourth-order valence-corrected chi connectivity index (χ4v) is 5.39. The van der Waals surface area contributed by atoms with E-state index in [-0.39, 0.29) is 28.2 Å². The molecule has 3 aromatic rings. The van der Waals surface area contributed by atoms with Gasteiger partial charge in [0.2, 0.25) is 11.4 Å². The normalized spacial score (nSPS) is 26.7. The Labute approximate surface area is 199 Å². The first kappa shape index (κ1) is 22.9. The minimum Gasteiger partial charge on any atom is -0.495 e. The number of aliphatic hydroxyl groups is 1. The Balaban J connectivity index is 1.87. The van der Waals surface area contributed by atoms with Crippen molar-refractivity contribution < 1.29 is 37.7 Å². The Kier molecular flexibility index (Phi) is 5.32. The van der Waals surface area contributed by atoms with Crippen LogP contribution in [0.2, 0.25) is 0 Å². The molecule has 4 atom stereocenters. The van der Waals surface area contributed by atoms with Crippen molar-refractivity contribution in [2.75, 3.05) is 14.2 Å². The largest absolute Gasteiger partial charge is 0.495 e. The summed E-state index contributed by atoms with van der Waals surface area (Å²) in [6.45, 7) is 0. The molecule has 1 N–H and O–H groups in total. The van der Waals surface area contributed by atoms with Crippen molar-refractivity contribution in [1.82, 2.24) is 4.98 Å². The second-order valence-corrected chi connectivity index (χ2v) is 8.46. The monoisotopic (exact) mass is 481 g/mol. The number of alkyl halides is 2. The maximum atomic E-state index is 14.3. The first-order valence-corrected chi connectivity index (χ1v) is 10.8. The maximum absolute atomic E-state index is 14.3. The zero-order chi connectivity index (χ0) is 25.0. The summed E-state index contributed by atoms with van der Waals surface area (Å²) >= 11 is 0. The third-order valence-electron chi connectivity index (χ3n) is 6.86. The molecule has 5 rings (SSSR count). The number of rotatable bonds is 5. The number of nitrogens with zero attached hydrogens (tertiary/aromatic N) is 1. The number of esters is 1. The number of fused-ring (bicyclic) bond motifs is 4. The lowest BCUT2D eigenvalue weighted by atomic mass is 9.75. The molecule has 0 radical (unpaired) electrons. The van der Waals surface area contributed by atoms with Crippen molar-refractivity contribution in [1.29, 1.82) is 0 Å². The minimum absolute atomic E-state index is 0.0337. The molecule has 9 heteroatoms. The summed E-state index contributed by atoms with van der Waals surface area (Å²) in [6, 6.07) is 13.7. The van der Waals surface area contributed by atoms with Crippen LogP contribution < -0.4 is 9.47 Å². The van der Waals surface area contributed by atoms with Crippen LogP contribution in [0.25, 0.3) is 0 Å². The molecular weight excluding hydrogens is 460 g/mol. The molecule has 0 saturated heterocycles. The van der Waals surface area contributed by atoms with Gasteiger partial charge in [-0.1, -0.05) is 54.6 Å². The highest BCUT2D eigenvalue weighted by molar-refractivity contribution is 6.07. The van der Waals surface area contributed by atoms with Gasteiger partial charge in [-0.05, 0) is 5.56 Å². The fraction of sp³-hybridized carbons (Fsp3) is 0.269. The van der Waals surface area contributed by atoms with Crippen molar-refractivity contribution in [3.63, 3.8) is 0 Å². The van der Waals surface area contributed by atoms with Crippen LogP contribution in [0.3, 0.4) is 0 Å². The predicted molar refractivity (Wildman–Crippen MR) is 118 cm³/mol. The van der Waals surface area contributed by atoms with E-state index in [1.165, 1.54) is 43.8 Å². The number of carbonyl (C=O) groups excluding carboxylic acids is 2. The zero-order valence-electron chi connectivity index (χ0n) is 18.8. The lowest BCUT2D eigenvalue weighted by molar-refractivity contribution is -0.162. The number of halogens is 2. The quantitative estimate of drug-likeness (QED) is 0.556. The summed E-state index contributed by atoms with van der Waals surface area (Å²) in [5.41, 5.74) is -3.89. The standard InChI is InChI=1S/C26H21F2NO6/c1-33-17-12-29-13-18-20(17)25(32)21(23(30)34-2)19(14-6-4-3-5-7-14)26(35-18,24(25)31)16-10-8-15(9-11-16)22(27)28/h3-13,19,21-22,32H,1-2H3/t19-,21-,25+,26-/m1/s1. The Morgan fingerprint density at radius 1 is 1.09 bits per heavy atom. The van der Waals surface area contributed by atoms with Gasteiger partial charge < -0.3 is 19.3 Å². The summed E-state index contributed by atoms with van der Waals surface area (Å²) in [5, 5.41) is 12.2. The summed E-state index contributed by atoms with van der Waals surface area (Å²) < 4.78 is 43.4. The summed E-state index contributed by atoms with van der Waals surface area (Å²) in [6.07, 6.45) is -0.0895. The summed E-state index contributed by atoms with van der Waals surface area (Å²) in [4.78, 5) is 31.6. The highest BCUT2D eigenvalue weighted by Gasteiger charge is 2.77. The number of aromatic nitrogens is 1. The third-order valence-corrected chi connectivity index (χ3v) is 6.86. The van der Waals surface area contributed by atoms with Crippen LogP contribution in [-0.2, 0) is 25.5 Å². The molecule has 2 heterocycles. The average Bonchev–Trinajstić information content (AvgIpc) is 3.01. The Bertz CT molecular complexity index is 1300. The number of hydrogen-bond acceptors (Lipinski definition) is 7. The van der Waals surface area contributed by atoms with E-state index in [1.54, 1.807) is 30.3 Å². The number of ketones is 1. The summed E-state index contributed by atoms with van der Waals surface area (Å²) in [5.74, 6) is -4.07. The van der Waals surface area contributed by atoms with Gasteiger partial charge in [0.15, 0.2) is 5.60 Å². The van der Waals surface area contributed by atoms with Gasteiger partial charge in [-0.3, -0.25) is 14.6 Å². The van der Waals surface area contributed by atoms with E-state index in [1.807, 2.05) is 0 Å². The molecule has 0 spiro atoms. The summed E-state index contributed by atoms with van der Waals surface area (Å²) in [7, 11) is 2.50. The molecule has 1 aliphatic carbocycles. The fourth-order valence-electron chi connectivity index (χ4n) is 5.39. The number of ether oxygens (including phenoxy) is 3. The Morgan fingerprint density at radius 3 is 2.37 bits per heavy atom. The molecule has 35 heavy (non-hydrogen) atoms. The molecule has 1 aliphatic heterocycles. The number of pyridine rings is 1. The van der Waals surface area contributed by atoms with Crippen molar-refractivity contribution in [3.05, 3.63) is 89.2 Å². The van der Waals surface area contributed by atoms with E-state index in [0.29, 0.717) is 5.56 Å². The predicted octanol–water partition coefficient (Wildman–Crippen LogP) is 3.66. The van der Waals surface area contributed by atoms with E-state index in [2.05, 4.69) is 4.98 Å². The zero-order valence-corrected chi connectivity index (χ0v) is 18.8. The topological polar surface area (TPSA) is 95.0 Å². The van der Waals surface area contributed by atoms with Crippen molar-refractivity contribution in [2.24, 2.45) is 5.92 Å². The first-order chi connectivity index (χ1) is 16.8. The van der Waals surface area contributed by atoms with Gasteiger partial charge in [-0.25, -0.2) is 8.78 Å². The van der Waals surface area contributed by atoms with Crippen molar-refractivity contribution in [3.8, 4) is 11.5 Å². The maximum Gasteiger partial charge on any atom is 0.313 e. The second kappa shape index (κ2) is 8.13. The third kappa shape index (κ3) is 3.01. The number of hydrogen-bond donors (Lipinski definition) is 1. The SMILES string of the molecule is COC(=O)[C@H]1[C@@H](c2ccccc2)[C@@]2(c3ccc(C(F)F)cc3)Oc3cncc(OC)c3[C@@]1(O)C2=O. The van der Waals surface area contributed by atoms with Gasteiger partial charge >= 0.3 is 5.97 Å². The van der Waals surface area contributed by atoms with E-state index < -0.39 is 41.2 Å². The lowest BCUT2D eigenvalue weighted by Crippen LogP contribution is -2.51. The van der Waals surface area contributed by atoms with Crippen LogP contribution in [0.5, 0.6) is 11.5 Å². The average molecular weight is 481 g/mol. The van der Waals surface area contributed by atoms with Crippen molar-refractivity contribution >= 4 is 11.8 Å². The van der Waals surface area contributed by atoms with E-state index in [4.69, 9.17) is 14.2 Å². The highest BCUT2D eigenvalue weighted by Crippen LogP contribution is 2.65. The van der Waals surface area contributed by atoms with Crippen LogP contribution in [0.4, 0.5) is 8.78 Å². The number of benzene rings is 2. The minimum atomic E-state index is -2.72. The molecule has 1 saturated carbocycles. The molecule has 1 aromatic heterocycles. The van der Waals surface area contributed by atoms with Gasteiger partial charge in [0.05, 0.1) is 38.1 Å². The van der Waals surface area contributed by atoms with Gasteiger partial charge in [0.25, 0.3) is 6.43 Å².